The van der Waals surface area contributed by atoms with Crippen molar-refractivity contribution in [3.63, 3.8) is 0 Å². The van der Waals surface area contributed by atoms with Crippen LogP contribution in [0.1, 0.15) is 6.42 Å². The van der Waals surface area contributed by atoms with Crippen LogP contribution in [-0.4, -0.2) is 30.2 Å². The summed E-state index contributed by atoms with van der Waals surface area (Å²) in [5.41, 5.74) is 7.79. The number of aliphatic hydroxyl groups excluding tert-OH is 1. The number of carbonyl (C=O) groups excluding carboxylic acids is 2. The van der Waals surface area contributed by atoms with Crippen LogP contribution in [0.3, 0.4) is 0 Å². The Hall–Kier alpha value is -1.59. The molecule has 0 radical (unpaired) electrons. The van der Waals surface area contributed by atoms with E-state index in [2.05, 4.69) is 14.8 Å². The normalized spacial score (nSPS) is 11.2. The van der Waals surface area contributed by atoms with Crippen LogP contribution in [0.15, 0.2) is 5.11 Å². The van der Waals surface area contributed by atoms with Crippen LogP contribution in [0.4, 0.5) is 0 Å². The molecule has 0 bridgehead atoms. The Labute approximate surface area is 67.6 Å². The van der Waals surface area contributed by atoms with Crippen molar-refractivity contribution in [2.24, 2.45) is 5.11 Å². The number of ether oxygens (including phenoxy) is 1. The molecular weight excluding hydrogens is 166 g/mol. The number of hydrogen-bond acceptors (Lipinski definition) is 4. The van der Waals surface area contributed by atoms with Crippen molar-refractivity contribution in [3.05, 3.63) is 10.4 Å². The minimum absolute atomic E-state index is 0.506. The summed E-state index contributed by atoms with van der Waals surface area (Å²) in [6.45, 7) is 0. The number of carbonyl (C=O) groups is 2. The molecule has 0 spiro atoms. The average molecular weight is 173 g/mol. The summed E-state index contributed by atoms with van der Waals surface area (Å²) in [5, 5.41) is 11.4. The first kappa shape index (κ1) is 10.4. The van der Waals surface area contributed by atoms with Crippen LogP contribution in [0, 0.1) is 0 Å². The second-order valence-electron chi connectivity index (χ2n) is 1.82. The molecule has 0 saturated carbocycles. The molecule has 1 unspecified atom stereocenters. The number of esters is 1. The van der Waals surface area contributed by atoms with Gasteiger partial charge >= 0.3 is 5.97 Å². The Morgan fingerprint density at radius 2 is 2.33 bits per heavy atom. The Morgan fingerprint density at radius 3 is 2.75 bits per heavy atom. The first-order chi connectivity index (χ1) is 5.61. The zero-order valence-corrected chi connectivity index (χ0v) is 6.30. The molecule has 0 aromatic carbocycles. The standard InChI is InChI=1S/C5H7N3O4/c1-12-4(10)2-3(9)5(11)7-8-6/h3,9H,2H2,1H3. The fourth-order valence-electron chi connectivity index (χ4n) is 0.439. The molecule has 1 N–H and O–H groups in total. The summed E-state index contributed by atoms with van der Waals surface area (Å²) in [6.07, 6.45) is -2.12. The van der Waals surface area contributed by atoms with Crippen molar-refractivity contribution < 1.29 is 19.4 Å². The quantitative estimate of drug-likeness (QED) is 0.274. The van der Waals surface area contributed by atoms with Gasteiger partial charge in [-0.15, -0.1) is 0 Å². The maximum Gasteiger partial charge on any atom is 0.308 e. The van der Waals surface area contributed by atoms with Crippen LogP contribution >= 0.6 is 0 Å². The SMILES string of the molecule is COC(=O)CC(O)C(=O)N=[N+]=[N-]. The minimum Gasteiger partial charge on any atom is -0.469 e. The summed E-state index contributed by atoms with van der Waals surface area (Å²) in [4.78, 5) is 23.1. The van der Waals surface area contributed by atoms with E-state index in [0.29, 0.717) is 0 Å². The topological polar surface area (TPSA) is 112 Å². The lowest BCUT2D eigenvalue weighted by molar-refractivity contribution is -0.145. The first-order valence-corrected chi connectivity index (χ1v) is 2.95. The molecule has 0 rings (SSSR count). The van der Waals surface area contributed by atoms with E-state index in [1.807, 2.05) is 0 Å². The Bertz CT molecular complexity index is 233. The lowest BCUT2D eigenvalue weighted by Crippen LogP contribution is -2.22. The minimum atomic E-state index is -1.62. The third-order valence-corrected chi connectivity index (χ3v) is 1.02. The average Bonchev–Trinajstić information content (AvgIpc) is 2.04. The molecule has 1 amide bonds. The van der Waals surface area contributed by atoms with Gasteiger partial charge in [-0.25, -0.2) is 0 Å². The highest BCUT2D eigenvalue weighted by molar-refractivity contribution is 5.85. The van der Waals surface area contributed by atoms with Gasteiger partial charge in [0.25, 0.3) is 0 Å². The molecule has 0 fully saturated rings. The van der Waals surface area contributed by atoms with Crippen LogP contribution in [0.2, 0.25) is 0 Å². The van der Waals surface area contributed by atoms with Gasteiger partial charge in [-0.05, 0) is 10.6 Å². The van der Waals surface area contributed by atoms with Crippen molar-refractivity contribution in [2.45, 2.75) is 12.5 Å². The largest absolute Gasteiger partial charge is 0.469 e. The van der Waals surface area contributed by atoms with Crippen molar-refractivity contribution >= 4 is 11.9 Å². The summed E-state index contributed by atoms with van der Waals surface area (Å²) < 4.78 is 4.16. The molecule has 7 heteroatoms. The lowest BCUT2D eigenvalue weighted by Gasteiger charge is -2.02. The van der Waals surface area contributed by atoms with Gasteiger partial charge in [0.2, 0.25) is 5.91 Å². The van der Waals surface area contributed by atoms with Crippen LogP contribution < -0.4 is 0 Å². The fraction of sp³-hybridized carbons (Fsp3) is 0.600. The van der Waals surface area contributed by atoms with Gasteiger partial charge in [0.15, 0.2) is 0 Å². The molecule has 1 atom stereocenters. The third kappa shape index (κ3) is 3.55. The van der Waals surface area contributed by atoms with Crippen LogP contribution in [0.5, 0.6) is 0 Å². The molecule has 0 aromatic rings. The van der Waals surface area contributed by atoms with Gasteiger partial charge in [0.05, 0.1) is 13.5 Å². The molecule has 7 nitrogen and oxygen atoms in total. The second kappa shape index (κ2) is 5.11. The Balaban J connectivity index is 4.03. The smallest absolute Gasteiger partial charge is 0.308 e. The third-order valence-electron chi connectivity index (χ3n) is 1.02. The molecular formula is C5H7N3O4. The number of azide groups is 1. The van der Waals surface area contributed by atoms with Crippen molar-refractivity contribution in [3.8, 4) is 0 Å². The van der Waals surface area contributed by atoms with Crippen molar-refractivity contribution in [2.75, 3.05) is 7.11 Å². The molecule has 12 heavy (non-hydrogen) atoms. The van der Waals surface area contributed by atoms with E-state index in [1.54, 1.807) is 0 Å². The molecule has 0 aliphatic rings. The van der Waals surface area contributed by atoms with Gasteiger partial charge in [0.1, 0.15) is 6.10 Å². The molecule has 66 valence electrons. The van der Waals surface area contributed by atoms with Crippen molar-refractivity contribution in [1.82, 2.24) is 0 Å². The van der Waals surface area contributed by atoms with Crippen molar-refractivity contribution in [1.29, 1.82) is 0 Å². The van der Waals surface area contributed by atoms with Gasteiger partial charge < -0.3 is 9.84 Å². The van der Waals surface area contributed by atoms with E-state index in [9.17, 15) is 9.59 Å². The number of nitrogens with zero attached hydrogens (tertiary/aromatic N) is 3. The maximum absolute atomic E-state index is 10.5. The summed E-state index contributed by atoms with van der Waals surface area (Å²) in [6, 6.07) is 0. The monoisotopic (exact) mass is 173 g/mol. The highest BCUT2D eigenvalue weighted by Crippen LogP contribution is 1.96. The first-order valence-electron chi connectivity index (χ1n) is 2.95. The number of amides is 1. The Morgan fingerprint density at radius 1 is 1.75 bits per heavy atom. The predicted octanol–water partition coefficient (Wildman–Crippen LogP) is -0.253. The zero-order valence-electron chi connectivity index (χ0n) is 6.30. The molecule has 0 saturated heterocycles. The Kier molecular flexibility index (Phi) is 4.43. The molecule has 0 aromatic heterocycles. The summed E-state index contributed by atoms with van der Waals surface area (Å²) >= 11 is 0. The summed E-state index contributed by atoms with van der Waals surface area (Å²) in [7, 11) is 1.12. The van der Waals surface area contributed by atoms with E-state index in [1.165, 1.54) is 0 Å². The van der Waals surface area contributed by atoms with E-state index >= 15 is 0 Å². The fourth-order valence-corrected chi connectivity index (χ4v) is 0.439. The predicted molar refractivity (Wildman–Crippen MR) is 36.8 cm³/mol. The number of rotatable bonds is 3. The van der Waals surface area contributed by atoms with E-state index in [-0.39, 0.29) is 0 Å². The second-order valence-corrected chi connectivity index (χ2v) is 1.82. The summed E-state index contributed by atoms with van der Waals surface area (Å²) in [5.74, 6) is -1.84. The maximum atomic E-state index is 10.5. The lowest BCUT2D eigenvalue weighted by atomic mass is 10.2. The molecule has 0 aliphatic heterocycles. The van der Waals surface area contributed by atoms with Crippen LogP contribution in [0.25, 0.3) is 10.4 Å². The molecule has 0 heterocycles. The highest BCUT2D eigenvalue weighted by atomic mass is 16.5. The van der Waals surface area contributed by atoms with Gasteiger partial charge in [-0.3, -0.25) is 9.59 Å². The van der Waals surface area contributed by atoms with Gasteiger partial charge in [-0.2, -0.15) is 0 Å². The highest BCUT2D eigenvalue weighted by Gasteiger charge is 2.17. The van der Waals surface area contributed by atoms with E-state index in [4.69, 9.17) is 10.6 Å². The number of hydrogen-bond donors (Lipinski definition) is 1. The zero-order chi connectivity index (χ0) is 9.56. The number of aliphatic hydroxyl groups is 1. The molecule has 0 aliphatic carbocycles. The van der Waals surface area contributed by atoms with E-state index in [0.717, 1.165) is 7.11 Å². The van der Waals surface area contributed by atoms with E-state index < -0.39 is 24.4 Å². The van der Waals surface area contributed by atoms with Gasteiger partial charge in [0, 0.05) is 4.91 Å². The number of methoxy groups -OCH3 is 1. The van der Waals surface area contributed by atoms with Gasteiger partial charge in [-0.1, -0.05) is 0 Å². The van der Waals surface area contributed by atoms with Crippen LogP contribution in [-0.2, 0) is 14.3 Å².